The Bertz CT molecular complexity index is 654. The van der Waals surface area contributed by atoms with E-state index in [9.17, 15) is 18.7 Å². The summed E-state index contributed by atoms with van der Waals surface area (Å²) in [4.78, 5) is 12.4. The van der Waals surface area contributed by atoms with Crippen LogP contribution in [0.25, 0.3) is 5.57 Å². The van der Waals surface area contributed by atoms with Gasteiger partial charge in [0.15, 0.2) is 17.3 Å². The number of benzene rings is 1. The highest BCUT2D eigenvalue weighted by Crippen LogP contribution is 2.58. The molecular formula is C15H13BrF2O2. The first-order valence-electron chi connectivity index (χ1n) is 6.49. The van der Waals surface area contributed by atoms with Gasteiger partial charge in [-0.1, -0.05) is 13.3 Å². The fraction of sp³-hybridized carbons (Fsp3) is 0.400. The normalized spacial score (nSPS) is 29.2. The second-order valence-electron chi connectivity index (χ2n) is 5.68. The van der Waals surface area contributed by atoms with Crippen LogP contribution >= 0.6 is 15.9 Å². The second kappa shape index (κ2) is 4.38. The molecule has 2 nitrogen and oxygen atoms in total. The predicted octanol–water partition coefficient (Wildman–Crippen LogP) is 4.17. The first-order chi connectivity index (χ1) is 9.38. The Hall–Kier alpha value is -1.23. The van der Waals surface area contributed by atoms with Gasteiger partial charge < -0.3 is 5.11 Å². The van der Waals surface area contributed by atoms with E-state index in [1.807, 2.05) is 6.92 Å². The average Bonchev–Trinajstić information content (AvgIpc) is 2.87. The van der Waals surface area contributed by atoms with Crippen LogP contribution in [0.1, 0.15) is 31.7 Å². The Morgan fingerprint density at radius 1 is 1.35 bits per heavy atom. The van der Waals surface area contributed by atoms with Crippen LogP contribution in [0.5, 0.6) is 5.75 Å². The number of allylic oxidation sites excluding steroid dienone is 2. The number of phenolic OH excluding ortho intramolecular Hbond substituents is 1. The topological polar surface area (TPSA) is 37.3 Å². The molecule has 0 bridgehead atoms. The molecule has 1 fully saturated rings. The molecule has 2 aliphatic carbocycles. The van der Waals surface area contributed by atoms with Gasteiger partial charge in [-0.3, -0.25) is 4.79 Å². The van der Waals surface area contributed by atoms with Crippen molar-refractivity contribution < 1.29 is 18.7 Å². The van der Waals surface area contributed by atoms with Gasteiger partial charge in [0, 0.05) is 11.0 Å². The number of fused-ring (bicyclic) bond motifs is 1. The number of carbonyl (C=O) groups is 1. The molecule has 1 N–H and O–H groups in total. The summed E-state index contributed by atoms with van der Waals surface area (Å²) in [6.45, 7) is 1.88. The first-order valence-corrected chi connectivity index (χ1v) is 7.29. The number of halogens is 3. The number of Topliss-reactive ketones (excluding diaryl/α,β-unsaturated/α-hetero) is 1. The molecule has 3 rings (SSSR count). The van der Waals surface area contributed by atoms with Crippen molar-refractivity contribution in [3.63, 3.8) is 0 Å². The Kier molecular flexibility index (Phi) is 3.01. The molecule has 2 aliphatic rings. The molecule has 2 unspecified atom stereocenters. The zero-order valence-electron chi connectivity index (χ0n) is 10.8. The van der Waals surface area contributed by atoms with Crippen molar-refractivity contribution in [2.75, 3.05) is 0 Å². The Balaban J connectivity index is 2.20. The summed E-state index contributed by atoms with van der Waals surface area (Å²) in [6, 6.07) is 2.46. The molecule has 0 aliphatic heterocycles. The molecule has 2 atom stereocenters. The molecule has 1 saturated carbocycles. The number of hydrogen-bond donors (Lipinski definition) is 1. The van der Waals surface area contributed by atoms with Crippen LogP contribution in [0.2, 0.25) is 0 Å². The Morgan fingerprint density at radius 3 is 2.75 bits per heavy atom. The van der Waals surface area contributed by atoms with E-state index in [0.717, 1.165) is 25.3 Å². The van der Waals surface area contributed by atoms with E-state index >= 15 is 0 Å². The highest BCUT2D eigenvalue weighted by Gasteiger charge is 2.53. The maximum Gasteiger partial charge on any atom is 0.200 e. The van der Waals surface area contributed by atoms with Crippen molar-refractivity contribution in [3.05, 3.63) is 33.8 Å². The van der Waals surface area contributed by atoms with E-state index in [2.05, 4.69) is 15.9 Å². The fourth-order valence-electron chi connectivity index (χ4n) is 3.48. The van der Waals surface area contributed by atoms with Gasteiger partial charge in [0.05, 0.1) is 4.48 Å². The van der Waals surface area contributed by atoms with Crippen LogP contribution < -0.4 is 0 Å². The highest BCUT2D eigenvalue weighted by molar-refractivity contribution is 9.12. The second-order valence-corrected chi connectivity index (χ2v) is 6.47. The van der Waals surface area contributed by atoms with Crippen molar-refractivity contribution in [1.29, 1.82) is 0 Å². The molecule has 0 spiro atoms. The number of phenols is 1. The van der Waals surface area contributed by atoms with Gasteiger partial charge in [-0.2, -0.15) is 4.39 Å². The lowest BCUT2D eigenvalue weighted by Gasteiger charge is -2.24. The summed E-state index contributed by atoms with van der Waals surface area (Å²) in [5.41, 5.74) is 0.0807. The number of ketones is 1. The average molecular weight is 343 g/mol. The molecule has 0 saturated heterocycles. The predicted molar refractivity (Wildman–Crippen MR) is 74.3 cm³/mol. The van der Waals surface area contributed by atoms with Gasteiger partial charge in [0.1, 0.15) is 0 Å². The third kappa shape index (κ3) is 1.62. The molecule has 106 valence electrons. The van der Waals surface area contributed by atoms with Crippen molar-refractivity contribution in [3.8, 4) is 5.75 Å². The van der Waals surface area contributed by atoms with Crippen LogP contribution in [0, 0.1) is 23.0 Å². The van der Waals surface area contributed by atoms with Crippen LogP contribution in [0.15, 0.2) is 16.6 Å². The summed E-state index contributed by atoms with van der Waals surface area (Å²) >= 11 is 3.25. The van der Waals surface area contributed by atoms with Crippen molar-refractivity contribution in [1.82, 2.24) is 0 Å². The van der Waals surface area contributed by atoms with Crippen LogP contribution in [-0.2, 0) is 4.79 Å². The first kappa shape index (κ1) is 13.7. The van der Waals surface area contributed by atoms with Gasteiger partial charge in [0.2, 0.25) is 5.82 Å². The third-order valence-corrected chi connectivity index (χ3v) is 5.40. The summed E-state index contributed by atoms with van der Waals surface area (Å²) in [5.74, 6) is -3.22. The lowest BCUT2D eigenvalue weighted by molar-refractivity contribution is -0.122. The van der Waals surface area contributed by atoms with Gasteiger partial charge in [-0.05, 0) is 52.4 Å². The smallest absolute Gasteiger partial charge is 0.200 e. The van der Waals surface area contributed by atoms with Crippen LogP contribution in [-0.4, -0.2) is 10.9 Å². The minimum atomic E-state index is -1.27. The van der Waals surface area contributed by atoms with E-state index in [-0.39, 0.29) is 17.3 Å². The maximum absolute atomic E-state index is 14.1. The summed E-state index contributed by atoms with van der Waals surface area (Å²) in [5, 5.41) is 9.21. The fourth-order valence-corrected chi connectivity index (χ4v) is 4.42. The number of hydrogen-bond acceptors (Lipinski definition) is 2. The van der Waals surface area contributed by atoms with Crippen molar-refractivity contribution >= 4 is 27.3 Å². The lowest BCUT2D eigenvalue weighted by atomic mass is 9.78. The molecule has 0 heterocycles. The molecular weight excluding hydrogens is 330 g/mol. The molecule has 0 radical (unpaired) electrons. The van der Waals surface area contributed by atoms with Gasteiger partial charge in [-0.25, -0.2) is 4.39 Å². The monoisotopic (exact) mass is 342 g/mol. The molecule has 20 heavy (non-hydrogen) atoms. The highest BCUT2D eigenvalue weighted by atomic mass is 79.9. The van der Waals surface area contributed by atoms with E-state index in [4.69, 9.17) is 0 Å². The Morgan fingerprint density at radius 2 is 2.05 bits per heavy atom. The van der Waals surface area contributed by atoms with Crippen molar-refractivity contribution in [2.45, 2.75) is 26.2 Å². The molecule has 5 heteroatoms. The number of aromatic hydroxyl groups is 1. The Labute approximate surface area is 123 Å². The quantitative estimate of drug-likeness (QED) is 0.831. The number of rotatable bonds is 1. The third-order valence-electron chi connectivity index (χ3n) is 4.61. The van der Waals surface area contributed by atoms with E-state index in [1.165, 1.54) is 6.07 Å². The van der Waals surface area contributed by atoms with Gasteiger partial charge >= 0.3 is 0 Å². The molecule has 1 aromatic carbocycles. The van der Waals surface area contributed by atoms with E-state index < -0.39 is 22.8 Å². The lowest BCUT2D eigenvalue weighted by Crippen LogP contribution is -2.25. The van der Waals surface area contributed by atoms with Gasteiger partial charge in [-0.15, -0.1) is 0 Å². The van der Waals surface area contributed by atoms with Crippen molar-refractivity contribution in [2.24, 2.45) is 11.3 Å². The maximum atomic E-state index is 14.1. The van der Waals surface area contributed by atoms with Crippen LogP contribution in [0.3, 0.4) is 0 Å². The van der Waals surface area contributed by atoms with Crippen LogP contribution in [0.4, 0.5) is 8.78 Å². The van der Waals surface area contributed by atoms with E-state index in [1.54, 1.807) is 0 Å². The standard InChI is InChI=1S/C15H13BrF2O2/c1-15-6-2-3-8(15)10(11(16)14(15)20)7-4-5-9(19)13(18)12(7)17/h4-5,8,19H,2-3,6H2,1H3. The summed E-state index contributed by atoms with van der Waals surface area (Å²) < 4.78 is 28.0. The molecule has 0 amide bonds. The largest absolute Gasteiger partial charge is 0.505 e. The zero-order valence-corrected chi connectivity index (χ0v) is 12.4. The number of carbonyl (C=O) groups excluding carboxylic acids is 1. The summed E-state index contributed by atoms with van der Waals surface area (Å²) in [7, 11) is 0. The minimum Gasteiger partial charge on any atom is -0.505 e. The summed E-state index contributed by atoms with van der Waals surface area (Å²) in [6.07, 6.45) is 2.45. The van der Waals surface area contributed by atoms with E-state index in [0.29, 0.717) is 10.1 Å². The molecule has 1 aromatic rings. The molecule has 0 aromatic heterocycles. The van der Waals surface area contributed by atoms with Gasteiger partial charge in [0.25, 0.3) is 0 Å². The minimum absolute atomic E-state index is 0.0390. The zero-order chi connectivity index (χ0) is 14.7. The SMILES string of the molecule is CC12CCCC1C(c1ccc(O)c(F)c1F)=C(Br)C2=O.